The van der Waals surface area contributed by atoms with E-state index < -0.39 is 48.9 Å². The third-order valence-corrected chi connectivity index (χ3v) is 3.29. The molecule has 26 heavy (non-hydrogen) atoms. The van der Waals surface area contributed by atoms with Crippen LogP contribution in [-0.2, 0) is 20.1 Å². The molecule has 0 radical (unpaired) electrons. The van der Waals surface area contributed by atoms with Crippen molar-refractivity contribution in [2.24, 2.45) is 5.14 Å². The minimum atomic E-state index is -7.27. The minimum Gasteiger partial charge on any atom is -0.741 e. The third kappa shape index (κ3) is 6.05. The van der Waals surface area contributed by atoms with Crippen molar-refractivity contribution in [1.29, 1.82) is 0 Å². The Morgan fingerprint density at radius 3 is 1.00 bits per heavy atom. The summed E-state index contributed by atoms with van der Waals surface area (Å²) in [6.45, 7) is 0. The molecule has 0 bridgehead atoms. The van der Waals surface area contributed by atoms with Gasteiger partial charge < -0.3 is 4.55 Å². The molecule has 6 nitrogen and oxygen atoms in total. The van der Waals surface area contributed by atoms with Crippen molar-refractivity contribution in [3.8, 4) is 0 Å². The van der Waals surface area contributed by atoms with Gasteiger partial charge in [0, 0.05) is 0 Å². The largest absolute Gasteiger partial charge is 1.00 e. The fourth-order valence-electron chi connectivity index (χ4n) is 0.539. The van der Waals surface area contributed by atoms with Gasteiger partial charge in [-0.1, -0.05) is 0 Å². The Balaban J connectivity index is -0.000000498. The van der Waals surface area contributed by atoms with Gasteiger partial charge in [0.25, 0.3) is 10.0 Å². The maximum Gasteiger partial charge on any atom is 1.00 e. The number of hydrogen-bond donors (Lipinski definition) is 1. The average Bonchev–Trinajstić information content (AvgIpc) is 2.23. The molecule has 0 atom stereocenters. The van der Waals surface area contributed by atoms with E-state index in [1.165, 1.54) is 0 Å². The number of sulfonamides is 1. The molecule has 0 fully saturated rings. The summed E-state index contributed by atoms with van der Waals surface area (Å²) >= 11 is 0. The van der Waals surface area contributed by atoms with Crippen LogP contribution in [0.1, 0.15) is 0 Å². The zero-order valence-corrected chi connectivity index (χ0v) is 13.1. The number of alkyl halides is 12. The summed E-state index contributed by atoms with van der Waals surface area (Å²) in [5, 5.41) is -3.30. The van der Waals surface area contributed by atoms with Gasteiger partial charge in [0.05, 0.1) is 0 Å². The van der Waals surface area contributed by atoms with Crippen LogP contribution in [0.2, 0.25) is 0 Å². The maximum atomic E-state index is 12.3. The Morgan fingerprint density at radius 1 is 0.654 bits per heavy atom. The number of primary sulfonamides is 1. The quantitative estimate of drug-likeness (QED) is 0.247. The van der Waals surface area contributed by atoms with E-state index in [2.05, 4.69) is 5.14 Å². The Kier molecular flexibility index (Phi) is 9.21. The van der Waals surface area contributed by atoms with Crippen molar-refractivity contribution in [1.82, 2.24) is 0 Å². The van der Waals surface area contributed by atoms with Crippen LogP contribution in [0, 0.1) is 0 Å². The summed E-state index contributed by atoms with van der Waals surface area (Å²) in [5.41, 5.74) is -5.65. The van der Waals surface area contributed by atoms with Crippen molar-refractivity contribution in [3.05, 3.63) is 0 Å². The van der Waals surface area contributed by atoms with Crippen molar-refractivity contribution < 1.29 is 92.9 Å². The molecule has 0 aromatic heterocycles. The first-order chi connectivity index (χ1) is 10.2. The second kappa shape index (κ2) is 7.90. The number of nitrogens with two attached hydrogens (primary N) is 1. The second-order valence-electron chi connectivity index (χ2n) is 3.61. The van der Waals surface area contributed by atoms with E-state index in [-0.39, 0.29) is 18.9 Å². The average molecular weight is 455 g/mol. The van der Waals surface area contributed by atoms with E-state index in [9.17, 15) is 61.1 Å². The van der Waals surface area contributed by atoms with Gasteiger partial charge in [-0.05, 0) is 0 Å². The molecule has 0 amide bonds. The molecule has 0 rings (SSSR count). The summed E-state index contributed by atoms with van der Waals surface area (Å²) in [6, 6.07) is 0. The Labute approximate surface area is 147 Å². The standard InChI is InChI=1S/C4H2F9NO2S.CHF3O3S.Li/c5-1(6,3(9,10)11)2(7,8)4(12,13)17(14,15)16;2-1(3,4)8(5,6)7;/h(H2,14,15,16);(H,5,6,7);/q;;+1/p-1. The molecule has 0 spiro atoms. The van der Waals surface area contributed by atoms with Crippen LogP contribution in [0.4, 0.5) is 52.7 Å². The summed E-state index contributed by atoms with van der Waals surface area (Å²) < 4.78 is 186. The summed E-state index contributed by atoms with van der Waals surface area (Å²) in [5.74, 6) is -14.5. The monoisotopic (exact) mass is 455 g/mol. The molecule has 0 aromatic carbocycles. The zero-order chi connectivity index (χ0) is 21.5. The molecular weight excluding hydrogens is 453 g/mol. The van der Waals surface area contributed by atoms with Gasteiger partial charge in [0.2, 0.25) is 0 Å². The molecule has 0 unspecified atom stereocenters. The van der Waals surface area contributed by atoms with Crippen LogP contribution in [0.3, 0.4) is 0 Å². The van der Waals surface area contributed by atoms with Gasteiger partial charge >= 0.3 is 47.6 Å². The first-order valence-corrected chi connectivity index (χ1v) is 7.45. The maximum absolute atomic E-state index is 12.3. The summed E-state index contributed by atoms with van der Waals surface area (Å²) in [4.78, 5) is 0. The van der Waals surface area contributed by atoms with Crippen molar-refractivity contribution in [3.63, 3.8) is 0 Å². The molecule has 0 heterocycles. The van der Waals surface area contributed by atoms with Gasteiger partial charge in [0.15, 0.2) is 10.1 Å². The van der Waals surface area contributed by atoms with Crippen LogP contribution in [0.25, 0.3) is 0 Å². The van der Waals surface area contributed by atoms with E-state index >= 15 is 0 Å². The summed E-state index contributed by atoms with van der Waals surface area (Å²) in [7, 11) is -12.8. The molecule has 0 aliphatic rings. The number of hydrogen-bond acceptors (Lipinski definition) is 5. The van der Waals surface area contributed by atoms with Crippen molar-refractivity contribution >= 4 is 20.1 Å². The third-order valence-electron chi connectivity index (χ3n) is 1.76. The Hall–Kier alpha value is -0.423. The van der Waals surface area contributed by atoms with Crippen LogP contribution >= 0.6 is 0 Å². The fraction of sp³-hybridized carbons (Fsp3) is 1.00. The molecule has 0 aliphatic carbocycles. The predicted octanol–water partition coefficient (Wildman–Crippen LogP) is -1.24. The van der Waals surface area contributed by atoms with Gasteiger partial charge in [-0.2, -0.15) is 52.7 Å². The zero-order valence-electron chi connectivity index (χ0n) is 11.5. The van der Waals surface area contributed by atoms with E-state index in [1.54, 1.807) is 0 Å². The minimum absolute atomic E-state index is 0. The normalized spacial score (nSPS) is 14.8. The van der Waals surface area contributed by atoms with Crippen LogP contribution in [-0.4, -0.2) is 50.2 Å². The molecular formula is C5H2F12LiNO5S2. The molecule has 0 aromatic rings. The second-order valence-corrected chi connectivity index (χ2v) is 6.58. The van der Waals surface area contributed by atoms with Gasteiger partial charge in [-0.3, -0.25) is 0 Å². The van der Waals surface area contributed by atoms with Gasteiger partial charge in [0.1, 0.15) is 0 Å². The first-order valence-electron chi connectivity index (χ1n) is 4.50. The SMILES string of the molecule is NS(=O)(=O)C(F)(F)C(F)(F)C(F)(F)C(F)(F)F.O=S(=O)([O-])C(F)(F)F.[Li+]. The van der Waals surface area contributed by atoms with E-state index in [1.807, 2.05) is 0 Å². The van der Waals surface area contributed by atoms with E-state index in [4.69, 9.17) is 13.0 Å². The Bertz CT molecular complexity index is 680. The van der Waals surface area contributed by atoms with Crippen molar-refractivity contribution in [2.75, 3.05) is 0 Å². The molecule has 0 aliphatic heterocycles. The van der Waals surface area contributed by atoms with E-state index in [0.29, 0.717) is 0 Å². The number of rotatable bonds is 3. The predicted molar refractivity (Wildman–Crippen MR) is 49.8 cm³/mol. The Morgan fingerprint density at radius 2 is 0.885 bits per heavy atom. The van der Waals surface area contributed by atoms with Gasteiger partial charge in [-0.15, -0.1) is 0 Å². The van der Waals surface area contributed by atoms with Crippen molar-refractivity contribution in [2.45, 2.75) is 28.8 Å². The molecule has 0 saturated carbocycles. The van der Waals surface area contributed by atoms with Gasteiger partial charge in [-0.25, -0.2) is 22.0 Å². The molecule has 154 valence electrons. The van der Waals surface area contributed by atoms with Crippen LogP contribution in [0.15, 0.2) is 0 Å². The molecule has 2 N–H and O–H groups in total. The van der Waals surface area contributed by atoms with E-state index in [0.717, 1.165) is 0 Å². The fourth-order valence-corrected chi connectivity index (χ4v) is 1.02. The summed E-state index contributed by atoms with van der Waals surface area (Å²) in [6.07, 6.45) is -7.08. The van der Waals surface area contributed by atoms with Crippen LogP contribution < -0.4 is 24.0 Å². The molecule has 21 heteroatoms. The van der Waals surface area contributed by atoms with Crippen LogP contribution in [0.5, 0.6) is 0 Å². The first kappa shape index (κ1) is 30.3. The molecule has 0 saturated heterocycles. The number of halogens is 12. The smallest absolute Gasteiger partial charge is 0.741 e. The topological polar surface area (TPSA) is 117 Å².